The number of rotatable bonds is 8. The van der Waals surface area contributed by atoms with Crippen molar-refractivity contribution in [1.29, 1.82) is 0 Å². The van der Waals surface area contributed by atoms with Gasteiger partial charge in [-0.15, -0.1) is 12.4 Å². The van der Waals surface area contributed by atoms with Gasteiger partial charge in [-0.2, -0.15) is 0 Å². The summed E-state index contributed by atoms with van der Waals surface area (Å²) in [6.07, 6.45) is 0.396. The summed E-state index contributed by atoms with van der Waals surface area (Å²) in [6.45, 7) is 3.28. The lowest BCUT2D eigenvalue weighted by Gasteiger charge is -2.20. The molecule has 0 saturated heterocycles. The fraction of sp³-hybridized carbons (Fsp3) is 0.471. The average Bonchev–Trinajstić information content (AvgIpc) is 2.63. The average molecular weight is 385 g/mol. The second-order valence-corrected chi connectivity index (χ2v) is 5.50. The number of benzene rings is 1. The summed E-state index contributed by atoms with van der Waals surface area (Å²) in [4.78, 5) is 33.4. The number of amides is 1. The number of nitrogens with zero attached hydrogens (tertiary/aromatic N) is 2. The van der Waals surface area contributed by atoms with Gasteiger partial charge in [0.2, 0.25) is 5.91 Å². The molecule has 1 heterocycles. The lowest BCUT2D eigenvalue weighted by molar-refractivity contribution is -0.131. The van der Waals surface area contributed by atoms with E-state index in [-0.39, 0.29) is 30.4 Å². The minimum atomic E-state index is -0.278. The van der Waals surface area contributed by atoms with E-state index in [1.165, 1.54) is 14.2 Å². The highest BCUT2D eigenvalue weighted by Gasteiger charge is 2.15. The number of H-pyrrole nitrogens is 1. The summed E-state index contributed by atoms with van der Waals surface area (Å²) < 4.78 is 10.5. The number of aromatic amines is 1. The molecule has 2 N–H and O–H groups in total. The molecule has 0 fully saturated rings. The van der Waals surface area contributed by atoms with Crippen LogP contribution in [0.4, 0.5) is 0 Å². The number of halogens is 1. The van der Waals surface area contributed by atoms with Crippen molar-refractivity contribution >= 4 is 29.2 Å². The van der Waals surface area contributed by atoms with E-state index in [2.05, 4.69) is 15.3 Å². The molecular formula is C17H25ClN4O4. The molecule has 1 aromatic heterocycles. The number of carbonyl (C=O) groups is 1. The normalized spacial score (nSPS) is 10.3. The van der Waals surface area contributed by atoms with Crippen LogP contribution >= 0.6 is 12.4 Å². The van der Waals surface area contributed by atoms with Crippen molar-refractivity contribution in [3.05, 3.63) is 28.3 Å². The Hall–Kier alpha value is -2.32. The van der Waals surface area contributed by atoms with Gasteiger partial charge in [-0.1, -0.05) is 0 Å². The second kappa shape index (κ2) is 9.98. The van der Waals surface area contributed by atoms with Crippen molar-refractivity contribution in [2.24, 2.45) is 0 Å². The third-order valence-electron chi connectivity index (χ3n) is 3.92. The molecule has 1 amide bonds. The van der Waals surface area contributed by atoms with Crippen LogP contribution in [0.15, 0.2) is 16.9 Å². The van der Waals surface area contributed by atoms with Crippen molar-refractivity contribution in [1.82, 2.24) is 20.2 Å². The lowest BCUT2D eigenvalue weighted by Crippen LogP contribution is -2.33. The number of methoxy groups -OCH3 is 2. The molecule has 0 bridgehead atoms. The summed E-state index contributed by atoms with van der Waals surface area (Å²) in [5, 5.41) is 3.36. The van der Waals surface area contributed by atoms with E-state index in [1.807, 2.05) is 6.92 Å². The number of carbonyl (C=O) groups excluding carboxylic acids is 1. The van der Waals surface area contributed by atoms with Gasteiger partial charge in [0.1, 0.15) is 5.82 Å². The third kappa shape index (κ3) is 4.86. The summed E-state index contributed by atoms with van der Waals surface area (Å²) in [6, 6.07) is 3.26. The van der Waals surface area contributed by atoms with Gasteiger partial charge in [0.25, 0.3) is 5.56 Å². The topological polar surface area (TPSA) is 96.6 Å². The molecule has 0 aliphatic rings. The first-order chi connectivity index (χ1) is 12.0. The summed E-state index contributed by atoms with van der Waals surface area (Å²) in [7, 11) is 4.83. The number of nitrogens with one attached hydrogen (secondary N) is 2. The molecule has 0 aliphatic heterocycles. The molecule has 0 atom stereocenters. The molecule has 144 valence electrons. The zero-order valence-electron chi connectivity index (χ0n) is 15.4. The maximum atomic E-state index is 12.4. The fourth-order valence-electron chi connectivity index (χ4n) is 2.54. The van der Waals surface area contributed by atoms with Crippen LogP contribution in [-0.4, -0.2) is 55.1 Å². The van der Waals surface area contributed by atoms with Crippen LogP contribution < -0.4 is 20.3 Å². The molecule has 0 spiro atoms. The predicted molar refractivity (Wildman–Crippen MR) is 102 cm³/mol. The lowest BCUT2D eigenvalue weighted by atomic mass is 10.2. The van der Waals surface area contributed by atoms with E-state index in [0.29, 0.717) is 47.7 Å². The van der Waals surface area contributed by atoms with Crippen molar-refractivity contribution in [3.8, 4) is 11.5 Å². The zero-order valence-corrected chi connectivity index (χ0v) is 16.2. The highest BCUT2D eigenvalue weighted by atomic mass is 35.5. The zero-order chi connectivity index (χ0) is 18.4. The number of hydrogen-bond donors (Lipinski definition) is 2. The van der Waals surface area contributed by atoms with Gasteiger partial charge in [0, 0.05) is 25.6 Å². The van der Waals surface area contributed by atoms with Crippen LogP contribution in [0.5, 0.6) is 11.5 Å². The van der Waals surface area contributed by atoms with Crippen molar-refractivity contribution < 1.29 is 14.3 Å². The second-order valence-electron chi connectivity index (χ2n) is 5.50. The summed E-state index contributed by atoms with van der Waals surface area (Å²) in [5.41, 5.74) is 0.217. The Morgan fingerprint density at radius 2 is 1.92 bits per heavy atom. The van der Waals surface area contributed by atoms with E-state index >= 15 is 0 Å². The molecule has 2 rings (SSSR count). The number of ether oxygens (including phenoxy) is 2. The predicted octanol–water partition coefficient (Wildman–Crippen LogP) is 1.32. The van der Waals surface area contributed by atoms with Crippen molar-refractivity contribution in [2.45, 2.75) is 19.9 Å². The van der Waals surface area contributed by atoms with E-state index in [0.717, 1.165) is 0 Å². The molecule has 0 aliphatic carbocycles. The van der Waals surface area contributed by atoms with E-state index in [1.54, 1.807) is 24.1 Å². The summed E-state index contributed by atoms with van der Waals surface area (Å²) >= 11 is 0. The van der Waals surface area contributed by atoms with Crippen LogP contribution in [-0.2, 0) is 11.3 Å². The van der Waals surface area contributed by atoms with Gasteiger partial charge in [-0.05, 0) is 20.0 Å². The first-order valence-corrected chi connectivity index (χ1v) is 8.11. The molecule has 0 radical (unpaired) electrons. The molecule has 2 aromatic rings. The SMILES string of the molecule is CCN(Cc1nc2cc(OC)c(OC)cc2c(=O)[nH]1)C(=O)CCNC.Cl. The maximum Gasteiger partial charge on any atom is 0.258 e. The van der Waals surface area contributed by atoms with Gasteiger partial charge < -0.3 is 24.7 Å². The molecule has 9 heteroatoms. The molecule has 1 aromatic carbocycles. The Kier molecular flexibility index (Phi) is 8.34. The number of aromatic nitrogens is 2. The fourth-order valence-corrected chi connectivity index (χ4v) is 2.54. The van der Waals surface area contributed by atoms with Crippen molar-refractivity contribution in [2.75, 3.05) is 34.4 Å². The molecule has 26 heavy (non-hydrogen) atoms. The minimum Gasteiger partial charge on any atom is -0.493 e. The van der Waals surface area contributed by atoms with Gasteiger partial charge in [-0.25, -0.2) is 4.98 Å². The van der Waals surface area contributed by atoms with Crippen LogP contribution in [0.25, 0.3) is 10.9 Å². The minimum absolute atomic E-state index is 0. The number of hydrogen-bond acceptors (Lipinski definition) is 6. The Morgan fingerprint density at radius 3 is 2.50 bits per heavy atom. The van der Waals surface area contributed by atoms with Crippen LogP contribution in [0.3, 0.4) is 0 Å². The molecule has 0 saturated carbocycles. The van der Waals surface area contributed by atoms with E-state index in [4.69, 9.17) is 9.47 Å². The quantitative estimate of drug-likeness (QED) is 0.712. The van der Waals surface area contributed by atoms with Crippen LogP contribution in [0.1, 0.15) is 19.2 Å². The van der Waals surface area contributed by atoms with E-state index in [9.17, 15) is 9.59 Å². The number of fused-ring (bicyclic) bond motifs is 1. The maximum absolute atomic E-state index is 12.4. The van der Waals surface area contributed by atoms with Gasteiger partial charge in [0.05, 0.1) is 31.7 Å². The standard InChI is InChI=1S/C17H24N4O4.ClH/c1-5-21(16(22)6-7-18-2)10-15-19-12-9-14(25-4)13(24-3)8-11(12)17(23)20-15;/h8-9,18H,5-7,10H2,1-4H3,(H,19,20,23);1H. The van der Waals surface area contributed by atoms with Crippen LogP contribution in [0.2, 0.25) is 0 Å². The Bertz CT molecular complexity index is 809. The van der Waals surface area contributed by atoms with Gasteiger partial charge >= 0.3 is 0 Å². The Labute approximate surface area is 158 Å². The highest BCUT2D eigenvalue weighted by Crippen LogP contribution is 2.29. The molecular weight excluding hydrogens is 360 g/mol. The first-order valence-electron chi connectivity index (χ1n) is 8.11. The van der Waals surface area contributed by atoms with Gasteiger partial charge in [-0.3, -0.25) is 9.59 Å². The van der Waals surface area contributed by atoms with Crippen molar-refractivity contribution in [3.63, 3.8) is 0 Å². The Morgan fingerprint density at radius 1 is 1.27 bits per heavy atom. The largest absolute Gasteiger partial charge is 0.493 e. The smallest absolute Gasteiger partial charge is 0.258 e. The first kappa shape index (κ1) is 21.7. The Balaban J connectivity index is 0.00000338. The molecule has 8 nitrogen and oxygen atoms in total. The highest BCUT2D eigenvalue weighted by molar-refractivity contribution is 5.85. The van der Waals surface area contributed by atoms with Gasteiger partial charge in [0.15, 0.2) is 11.5 Å². The van der Waals surface area contributed by atoms with E-state index < -0.39 is 0 Å². The monoisotopic (exact) mass is 384 g/mol. The molecule has 0 unspecified atom stereocenters. The van der Waals surface area contributed by atoms with Crippen LogP contribution in [0, 0.1) is 0 Å². The third-order valence-corrected chi connectivity index (χ3v) is 3.92. The summed E-state index contributed by atoms with van der Waals surface area (Å²) in [5.74, 6) is 1.40.